The smallest absolute Gasteiger partial charge is 0.407 e. The van der Waals surface area contributed by atoms with E-state index >= 15 is 0 Å². The van der Waals surface area contributed by atoms with E-state index < -0.39 is 31.9 Å². The third-order valence-corrected chi connectivity index (χ3v) is 18.3. The van der Waals surface area contributed by atoms with Crippen molar-refractivity contribution in [1.82, 2.24) is 73.4 Å². The SMILES string of the molecule is CCCCc1nc2cc(=O)ccn2[nH]1.CCCCc1nc2cc(OC)ccn2n1.CCCCc1nc2cc(OC/C(=C/F)CN)ccn2n1.CCCCc1nc2cc(OC/C(=C/F)CNC(=O)OC(C)(C)C)ccn2n1.Cc1cc(C)c(S(=O)(=O)O)c(C)c1.Cc1ccc(S(=O)(=O)O)cc1.Cc1ccn(N)c(=N)c1.Cc1ccnc(N)c1. The number of benzene rings is 2. The predicted molar refractivity (Wildman–Crippen MR) is 448 cm³/mol. The van der Waals surface area contributed by atoms with Crippen LogP contribution in [0.4, 0.5) is 19.4 Å². The van der Waals surface area contributed by atoms with Gasteiger partial charge >= 0.3 is 6.09 Å². The highest BCUT2D eigenvalue weighted by molar-refractivity contribution is 7.86. The second-order valence-electron chi connectivity index (χ2n) is 27.9. The molecule has 31 nitrogen and oxygen atoms in total. The molecular weight excluding hydrogens is 1550 g/mol. The number of carbonyl (C=O) groups excluding carboxylic acids is 1. The molecule has 0 atom stereocenters. The number of unbranched alkanes of at least 4 members (excludes halogenated alkanes) is 4. The maximum Gasteiger partial charge on any atom is 0.407 e. The van der Waals surface area contributed by atoms with Crippen LogP contribution in [0.5, 0.6) is 17.2 Å². The molecule has 0 unspecified atom stereocenters. The number of nitrogens with zero attached hydrogens (tertiary/aromatic N) is 13. The van der Waals surface area contributed by atoms with Crippen molar-refractivity contribution in [2.24, 2.45) is 5.73 Å². The molecule has 0 aliphatic heterocycles. The fourth-order valence-electron chi connectivity index (χ4n) is 10.3. The number of alkyl carbamates (subject to hydrolysis) is 1. The van der Waals surface area contributed by atoms with Gasteiger partial charge in [-0.2, -0.15) is 32.1 Å². The number of nitrogens with one attached hydrogen (secondary N) is 3. The van der Waals surface area contributed by atoms with Crippen LogP contribution in [0.1, 0.15) is 157 Å². The third-order valence-electron chi connectivity index (χ3n) is 16.3. The fraction of sp³-hybridized carbons (Fsp3) is 0.378. The van der Waals surface area contributed by atoms with Crippen molar-refractivity contribution in [1.29, 1.82) is 5.41 Å². The molecule has 11 N–H and O–H groups in total. The molecule has 35 heteroatoms. The van der Waals surface area contributed by atoms with Gasteiger partial charge in [-0.1, -0.05) is 88.8 Å². The number of amides is 1. The molecule has 0 radical (unpaired) electrons. The minimum Gasteiger partial charge on any atom is -0.497 e. The van der Waals surface area contributed by atoms with Gasteiger partial charge < -0.3 is 41.6 Å². The van der Waals surface area contributed by atoms with Crippen LogP contribution < -0.4 is 47.8 Å². The van der Waals surface area contributed by atoms with E-state index in [-0.39, 0.29) is 47.1 Å². The van der Waals surface area contributed by atoms with Gasteiger partial charge in [-0.3, -0.25) is 29.1 Å². The first-order valence-electron chi connectivity index (χ1n) is 37.9. The Morgan fingerprint density at radius 3 is 1.48 bits per heavy atom. The minimum absolute atomic E-state index is 0.000242. The molecule has 0 bridgehead atoms. The van der Waals surface area contributed by atoms with Crippen molar-refractivity contribution in [3.63, 3.8) is 0 Å². The van der Waals surface area contributed by atoms with Crippen LogP contribution in [0.2, 0.25) is 0 Å². The lowest BCUT2D eigenvalue weighted by Crippen LogP contribution is -2.34. The first-order valence-corrected chi connectivity index (χ1v) is 40.8. The number of anilines is 1. The second-order valence-corrected chi connectivity index (χ2v) is 30.7. The molecule has 2 aromatic carbocycles. The molecule has 0 aliphatic rings. The van der Waals surface area contributed by atoms with Gasteiger partial charge in [0.25, 0.3) is 20.2 Å². The van der Waals surface area contributed by atoms with Crippen molar-refractivity contribution >= 4 is 54.7 Å². The summed E-state index contributed by atoms with van der Waals surface area (Å²) in [6.07, 6.45) is 23.2. The summed E-state index contributed by atoms with van der Waals surface area (Å²) < 4.78 is 115. The highest BCUT2D eigenvalue weighted by Gasteiger charge is 2.18. The number of hydrogen-bond acceptors (Lipinski definition) is 22. The predicted octanol–water partition coefficient (Wildman–Crippen LogP) is 13.6. The van der Waals surface area contributed by atoms with Gasteiger partial charge in [0, 0.05) is 117 Å². The lowest BCUT2D eigenvalue weighted by atomic mass is 10.1. The molecule has 632 valence electrons. The van der Waals surface area contributed by atoms with Crippen molar-refractivity contribution in [2.45, 2.75) is 182 Å². The number of H-pyrrole nitrogens is 1. The van der Waals surface area contributed by atoms with Gasteiger partial charge in [-0.25, -0.2) is 56.6 Å². The van der Waals surface area contributed by atoms with Crippen molar-refractivity contribution in [3.05, 3.63) is 243 Å². The summed E-state index contributed by atoms with van der Waals surface area (Å²) in [6, 6.07) is 30.6. The molecule has 12 rings (SSSR count). The van der Waals surface area contributed by atoms with Crippen LogP contribution in [0, 0.1) is 47.0 Å². The van der Waals surface area contributed by atoms with Gasteiger partial charge in [0.1, 0.15) is 53.2 Å². The quantitative estimate of drug-likeness (QED) is 0.0206. The number of ether oxygens (including phenoxy) is 4. The monoisotopic (exact) mass is 1660 g/mol. The van der Waals surface area contributed by atoms with E-state index in [1.165, 1.54) is 35.4 Å². The van der Waals surface area contributed by atoms with Gasteiger partial charge in [-0.15, -0.1) is 0 Å². The average Bonchev–Trinajstić information content (AvgIpc) is 1.47. The lowest BCUT2D eigenvalue weighted by Gasteiger charge is -2.20. The first-order chi connectivity index (χ1) is 55.5. The fourth-order valence-corrected chi connectivity index (χ4v) is 11.7. The standard InChI is InChI=1S/C19H27FN4O3.C14H19FN4O.C11H15N3O.C10H13N3O.C9H12O3S.C7H8O3S.C6H9N3.C6H8N2/c1-5-6-7-16-22-17-10-15(8-9-24(17)23-16)26-13-14(11-20)12-21-18(25)27-19(2,3)4;1-2-3-4-13-17-14-7-12(5-6-19(14)18-13)20-10-11(8-15)9-16;1-3-4-5-10-12-11-8-9(15-2)6-7-14(11)13-10;1-2-3-4-9-11-10-7-8(14)5-6-13(10)12-9;1-6-4-7(2)9(8(3)5-6)13(10,11)12;1-6-2-4-7(5-3-6)11(8,9)10;1-5-2-3-9(8)6(7)4-5;1-5-2-3-8-6(7)4-5/h8-11H,5-7,12-13H2,1-4H3,(H,21,25);5-8H,2-4,9-10,16H2,1H3;6-8H,3-5H2,1-2H3;5-7H,2-4H2,1H3,(H,11,12);4-5H,1-3H3,(H,10,11,12);2-5H,1H3,(H,8,9,10);2-4,7H,8H2,1H3;2-4H,1H3,(H2,7,8)/b14-11+;11-8+;;;;;;. The Bertz CT molecular complexity index is 5500. The number of methoxy groups -OCH3 is 1. The molecule has 0 fully saturated rings. The number of nitrogen functional groups attached to an aromatic ring is 2. The Morgan fingerprint density at radius 2 is 1.06 bits per heavy atom. The summed E-state index contributed by atoms with van der Waals surface area (Å²) in [7, 11) is -6.45. The Kier molecular flexibility index (Phi) is 39.2. The normalized spacial score (nSPS) is 11.3. The summed E-state index contributed by atoms with van der Waals surface area (Å²) >= 11 is 0. The van der Waals surface area contributed by atoms with Crippen LogP contribution in [0.25, 0.3) is 22.6 Å². The zero-order chi connectivity index (χ0) is 86.4. The van der Waals surface area contributed by atoms with Crippen LogP contribution in [-0.2, 0) is 50.7 Å². The summed E-state index contributed by atoms with van der Waals surface area (Å²) in [6.45, 7) is 25.1. The number of aromatic nitrogens is 14. The van der Waals surface area contributed by atoms with Crippen LogP contribution in [0.15, 0.2) is 185 Å². The maximum absolute atomic E-state index is 13.1. The zero-order valence-corrected chi connectivity index (χ0v) is 70.6. The van der Waals surface area contributed by atoms with Crippen LogP contribution >= 0.6 is 0 Å². The van der Waals surface area contributed by atoms with Gasteiger partial charge in [0.05, 0.1) is 29.6 Å². The maximum atomic E-state index is 13.1. The summed E-state index contributed by atoms with van der Waals surface area (Å²) in [4.78, 5) is 44.1. The van der Waals surface area contributed by atoms with E-state index in [2.05, 4.69) is 78.3 Å². The number of rotatable bonds is 24. The van der Waals surface area contributed by atoms with Crippen molar-refractivity contribution < 1.29 is 58.5 Å². The van der Waals surface area contributed by atoms with E-state index in [4.69, 9.17) is 50.8 Å². The van der Waals surface area contributed by atoms with E-state index in [0.29, 0.717) is 63.5 Å². The van der Waals surface area contributed by atoms with Crippen LogP contribution in [-0.4, -0.2) is 139 Å². The number of aryl methyl sites for hydroxylation is 10. The topological polar surface area (TPSA) is 435 Å². The Hall–Kier alpha value is -11.8. The van der Waals surface area contributed by atoms with E-state index in [1.807, 2.05) is 64.2 Å². The molecule has 0 spiro atoms. The Balaban J connectivity index is 0.000000245. The minimum atomic E-state index is -4.08. The molecule has 0 saturated heterocycles. The second kappa shape index (κ2) is 47.9. The molecule has 10 heterocycles. The summed E-state index contributed by atoms with van der Waals surface area (Å²) in [5.74, 6) is 11.4. The molecule has 117 heavy (non-hydrogen) atoms. The number of aromatic amines is 1. The number of carbonyl (C=O) groups is 1. The molecule has 1 amide bonds. The largest absolute Gasteiger partial charge is 0.497 e. The molecule has 12 aromatic rings. The average molecular weight is 1660 g/mol. The molecule has 10 aromatic heterocycles. The van der Waals surface area contributed by atoms with Gasteiger partial charge in [0.15, 0.2) is 45.5 Å². The van der Waals surface area contributed by atoms with E-state index in [1.54, 1.807) is 145 Å². The number of pyridine rings is 6. The van der Waals surface area contributed by atoms with E-state index in [0.717, 1.165) is 133 Å². The van der Waals surface area contributed by atoms with Crippen molar-refractivity contribution in [2.75, 3.05) is 45.0 Å². The number of nitrogens with two attached hydrogens (primary N) is 3. The highest BCUT2D eigenvalue weighted by Crippen LogP contribution is 2.22. The lowest BCUT2D eigenvalue weighted by molar-refractivity contribution is 0.0531. The Labute approximate surface area is 681 Å². The highest BCUT2D eigenvalue weighted by atomic mass is 32.2. The number of fused-ring (bicyclic) bond motifs is 4. The Morgan fingerprint density at radius 1 is 0.581 bits per heavy atom. The summed E-state index contributed by atoms with van der Waals surface area (Å²) in [5.41, 5.74) is 19.4. The summed E-state index contributed by atoms with van der Waals surface area (Å²) in [5, 5.41) is 26.0. The molecular formula is C82H111F2N19O12S2. The zero-order valence-electron chi connectivity index (χ0n) is 68.9. The van der Waals surface area contributed by atoms with Crippen LogP contribution in [0.3, 0.4) is 0 Å². The molecule has 0 saturated carbocycles. The van der Waals surface area contributed by atoms with Crippen molar-refractivity contribution in [3.8, 4) is 17.2 Å². The van der Waals surface area contributed by atoms with Gasteiger partial charge in [-0.05, 0) is 165 Å². The van der Waals surface area contributed by atoms with Gasteiger partial charge in [0.2, 0.25) is 0 Å². The molecule has 0 aliphatic carbocycles. The number of hydrogen-bond donors (Lipinski definition) is 8. The van der Waals surface area contributed by atoms with E-state index in [9.17, 15) is 35.2 Å². The number of halogens is 2. The third kappa shape index (κ3) is 34.7. The first kappa shape index (κ1) is 95.8.